The van der Waals surface area contributed by atoms with Crippen LogP contribution in [0.3, 0.4) is 0 Å². The lowest BCUT2D eigenvalue weighted by Gasteiger charge is -2.25. The molecule has 1 aliphatic carbocycles. The first-order chi connectivity index (χ1) is 12.0. The maximum absolute atomic E-state index is 13.5. The van der Waals surface area contributed by atoms with Gasteiger partial charge >= 0.3 is 0 Å². The number of nitrogens with zero attached hydrogens (tertiary/aromatic N) is 3. The lowest BCUT2D eigenvalue weighted by molar-refractivity contribution is -0.123. The smallest absolute Gasteiger partial charge is 0.258 e. The SMILES string of the molecule is CN(C)c1ncc2c(n1)CC[C@@H](NC(=O)COc1ccccc1F)C2. The third-order valence-corrected chi connectivity index (χ3v) is 4.10. The topological polar surface area (TPSA) is 67.4 Å². The molecule has 0 fully saturated rings. The zero-order valence-corrected chi connectivity index (χ0v) is 14.3. The van der Waals surface area contributed by atoms with Crippen LogP contribution in [-0.2, 0) is 17.6 Å². The molecule has 0 unspecified atom stereocenters. The molecule has 7 heteroatoms. The molecule has 25 heavy (non-hydrogen) atoms. The van der Waals surface area contributed by atoms with Crippen LogP contribution in [0.1, 0.15) is 17.7 Å². The third kappa shape index (κ3) is 4.23. The predicted octanol–water partition coefficient (Wildman–Crippen LogP) is 1.73. The molecule has 0 saturated heterocycles. The van der Waals surface area contributed by atoms with Crippen LogP contribution in [0.15, 0.2) is 30.5 Å². The van der Waals surface area contributed by atoms with Crippen molar-refractivity contribution in [2.45, 2.75) is 25.3 Å². The number of halogens is 1. The molecule has 1 aliphatic rings. The van der Waals surface area contributed by atoms with E-state index in [1.54, 1.807) is 12.1 Å². The molecule has 0 radical (unpaired) electrons. The Labute approximate surface area is 146 Å². The Hall–Kier alpha value is -2.70. The summed E-state index contributed by atoms with van der Waals surface area (Å²) in [7, 11) is 3.81. The second kappa shape index (κ2) is 7.46. The van der Waals surface area contributed by atoms with Crippen LogP contribution in [0.2, 0.25) is 0 Å². The van der Waals surface area contributed by atoms with Crippen LogP contribution in [-0.4, -0.2) is 42.6 Å². The molecular weight excluding hydrogens is 323 g/mol. The van der Waals surface area contributed by atoms with Gasteiger partial charge in [0.05, 0.1) is 0 Å². The summed E-state index contributed by atoms with van der Waals surface area (Å²) in [5, 5.41) is 2.93. The molecule has 1 amide bonds. The van der Waals surface area contributed by atoms with Gasteiger partial charge in [-0.15, -0.1) is 0 Å². The number of aromatic nitrogens is 2. The lowest BCUT2D eigenvalue weighted by atomic mass is 9.93. The average molecular weight is 344 g/mol. The number of hydrogen-bond donors (Lipinski definition) is 1. The number of benzene rings is 1. The van der Waals surface area contributed by atoms with Crippen molar-refractivity contribution < 1.29 is 13.9 Å². The largest absolute Gasteiger partial charge is 0.481 e. The Morgan fingerprint density at radius 1 is 1.40 bits per heavy atom. The van der Waals surface area contributed by atoms with E-state index >= 15 is 0 Å². The third-order valence-electron chi connectivity index (χ3n) is 4.10. The van der Waals surface area contributed by atoms with E-state index in [1.165, 1.54) is 12.1 Å². The summed E-state index contributed by atoms with van der Waals surface area (Å²) >= 11 is 0. The minimum absolute atomic E-state index is 0.0121. The Balaban J connectivity index is 1.54. The molecule has 0 bridgehead atoms. The molecule has 1 aromatic heterocycles. The van der Waals surface area contributed by atoms with E-state index in [4.69, 9.17) is 4.74 Å². The number of rotatable bonds is 5. The fourth-order valence-corrected chi connectivity index (χ4v) is 2.81. The average Bonchev–Trinajstić information content (AvgIpc) is 2.60. The molecular formula is C18H21FN4O2. The number of para-hydroxylation sites is 1. The van der Waals surface area contributed by atoms with Crippen molar-refractivity contribution in [1.29, 1.82) is 0 Å². The van der Waals surface area contributed by atoms with E-state index in [0.717, 1.165) is 24.1 Å². The Kier molecular flexibility index (Phi) is 5.11. The van der Waals surface area contributed by atoms with Crippen LogP contribution in [0.25, 0.3) is 0 Å². The summed E-state index contributed by atoms with van der Waals surface area (Å²) in [5.74, 6) is 0.0362. The molecule has 1 atom stereocenters. The van der Waals surface area contributed by atoms with Gasteiger partial charge in [-0.05, 0) is 37.0 Å². The molecule has 0 spiro atoms. The molecule has 1 aromatic carbocycles. The number of anilines is 1. The first-order valence-electron chi connectivity index (χ1n) is 8.21. The molecule has 1 N–H and O–H groups in total. The predicted molar refractivity (Wildman–Crippen MR) is 92.2 cm³/mol. The van der Waals surface area contributed by atoms with Gasteiger partial charge in [0, 0.05) is 32.0 Å². The van der Waals surface area contributed by atoms with Gasteiger partial charge in [0.15, 0.2) is 18.2 Å². The molecule has 6 nitrogen and oxygen atoms in total. The Bertz CT molecular complexity index is 766. The van der Waals surface area contributed by atoms with Crippen molar-refractivity contribution >= 4 is 11.9 Å². The van der Waals surface area contributed by atoms with Gasteiger partial charge in [-0.3, -0.25) is 4.79 Å². The number of carbonyl (C=O) groups is 1. The molecule has 3 rings (SSSR count). The summed E-state index contributed by atoms with van der Waals surface area (Å²) in [6.07, 6.45) is 4.11. The Morgan fingerprint density at radius 3 is 2.96 bits per heavy atom. The molecule has 132 valence electrons. The molecule has 2 aromatic rings. The second-order valence-corrected chi connectivity index (χ2v) is 6.26. The number of amides is 1. The first kappa shape index (κ1) is 17.1. The number of hydrogen-bond acceptors (Lipinski definition) is 5. The van der Waals surface area contributed by atoms with Crippen LogP contribution in [0.4, 0.5) is 10.3 Å². The van der Waals surface area contributed by atoms with Crippen LogP contribution < -0.4 is 15.0 Å². The minimum Gasteiger partial charge on any atom is -0.481 e. The van der Waals surface area contributed by atoms with Gasteiger partial charge in [-0.25, -0.2) is 14.4 Å². The number of carbonyl (C=O) groups excluding carboxylic acids is 1. The highest BCUT2D eigenvalue weighted by atomic mass is 19.1. The van der Waals surface area contributed by atoms with Crippen LogP contribution in [0, 0.1) is 5.82 Å². The Morgan fingerprint density at radius 2 is 2.20 bits per heavy atom. The highest BCUT2D eigenvalue weighted by Gasteiger charge is 2.22. The van der Waals surface area contributed by atoms with Crippen molar-refractivity contribution in [3.63, 3.8) is 0 Å². The van der Waals surface area contributed by atoms with E-state index in [0.29, 0.717) is 12.4 Å². The number of aryl methyl sites for hydroxylation is 1. The molecule has 1 heterocycles. The maximum Gasteiger partial charge on any atom is 0.258 e. The number of nitrogens with one attached hydrogen (secondary N) is 1. The van der Waals surface area contributed by atoms with E-state index < -0.39 is 5.82 Å². The molecule has 0 saturated carbocycles. The quantitative estimate of drug-likeness (QED) is 0.895. The van der Waals surface area contributed by atoms with Crippen molar-refractivity contribution in [3.8, 4) is 5.75 Å². The number of ether oxygens (including phenoxy) is 1. The van der Waals surface area contributed by atoms with Crippen LogP contribution >= 0.6 is 0 Å². The summed E-state index contributed by atoms with van der Waals surface area (Å²) in [6.45, 7) is -0.208. The van der Waals surface area contributed by atoms with Gasteiger partial charge in [0.25, 0.3) is 5.91 Å². The summed E-state index contributed by atoms with van der Waals surface area (Å²) in [5.41, 5.74) is 2.09. The van der Waals surface area contributed by atoms with Crippen molar-refractivity contribution in [2.75, 3.05) is 25.6 Å². The maximum atomic E-state index is 13.5. The summed E-state index contributed by atoms with van der Waals surface area (Å²) in [6, 6.07) is 6.05. The van der Waals surface area contributed by atoms with Crippen molar-refractivity contribution in [3.05, 3.63) is 47.5 Å². The van der Waals surface area contributed by atoms with Crippen LogP contribution in [0.5, 0.6) is 5.75 Å². The van der Waals surface area contributed by atoms with Gasteiger partial charge < -0.3 is 15.0 Å². The second-order valence-electron chi connectivity index (χ2n) is 6.26. The van der Waals surface area contributed by atoms with E-state index in [1.807, 2.05) is 25.2 Å². The monoisotopic (exact) mass is 344 g/mol. The minimum atomic E-state index is -0.476. The van der Waals surface area contributed by atoms with E-state index in [2.05, 4.69) is 15.3 Å². The summed E-state index contributed by atoms with van der Waals surface area (Å²) in [4.78, 5) is 22.8. The van der Waals surface area contributed by atoms with Gasteiger partial charge in [0.2, 0.25) is 5.95 Å². The van der Waals surface area contributed by atoms with Crippen molar-refractivity contribution in [1.82, 2.24) is 15.3 Å². The van der Waals surface area contributed by atoms with Gasteiger partial charge in [-0.1, -0.05) is 12.1 Å². The summed E-state index contributed by atoms with van der Waals surface area (Å²) < 4.78 is 18.7. The fourth-order valence-electron chi connectivity index (χ4n) is 2.81. The number of fused-ring (bicyclic) bond motifs is 1. The van der Waals surface area contributed by atoms with Gasteiger partial charge in [-0.2, -0.15) is 0 Å². The zero-order valence-electron chi connectivity index (χ0n) is 14.3. The van der Waals surface area contributed by atoms with E-state index in [9.17, 15) is 9.18 Å². The normalized spacial score (nSPS) is 16.0. The standard InChI is InChI=1S/C18H21FN4O2/c1-23(2)18-20-10-12-9-13(7-8-15(12)22-18)21-17(24)11-25-16-6-4-3-5-14(16)19/h3-6,10,13H,7-9,11H2,1-2H3,(H,21,24)/t13-/m1/s1. The van der Waals surface area contributed by atoms with Crippen molar-refractivity contribution in [2.24, 2.45) is 0 Å². The highest BCUT2D eigenvalue weighted by Crippen LogP contribution is 2.21. The fraction of sp³-hybridized carbons (Fsp3) is 0.389. The molecule has 0 aliphatic heterocycles. The van der Waals surface area contributed by atoms with E-state index in [-0.39, 0.29) is 24.3 Å². The highest BCUT2D eigenvalue weighted by molar-refractivity contribution is 5.77. The zero-order chi connectivity index (χ0) is 17.8. The first-order valence-corrected chi connectivity index (χ1v) is 8.21. The van der Waals surface area contributed by atoms with Gasteiger partial charge in [0.1, 0.15) is 0 Å². The lowest BCUT2D eigenvalue weighted by Crippen LogP contribution is -2.41.